The molecule has 1 aliphatic heterocycles. The quantitative estimate of drug-likeness (QED) is 0.681. The summed E-state index contributed by atoms with van der Waals surface area (Å²) in [6.45, 7) is 4.53. The second kappa shape index (κ2) is 11.2. The van der Waals surface area contributed by atoms with Crippen molar-refractivity contribution in [1.82, 2.24) is 19.8 Å². The second-order valence-corrected chi connectivity index (χ2v) is 9.99. The van der Waals surface area contributed by atoms with Crippen molar-refractivity contribution in [2.45, 2.75) is 58.1 Å². The van der Waals surface area contributed by atoms with Gasteiger partial charge in [-0.3, -0.25) is 14.6 Å². The van der Waals surface area contributed by atoms with Crippen LogP contribution in [0.3, 0.4) is 0 Å². The first-order valence-corrected chi connectivity index (χ1v) is 12.6. The first-order valence-electron chi connectivity index (χ1n) is 12.6. The summed E-state index contributed by atoms with van der Waals surface area (Å²) in [5, 5.41) is 9.86. The summed E-state index contributed by atoms with van der Waals surface area (Å²) in [4.78, 5) is 38.8. The molecule has 3 heterocycles. The van der Waals surface area contributed by atoms with Crippen LogP contribution in [0.2, 0.25) is 0 Å². The van der Waals surface area contributed by atoms with E-state index < -0.39 is 0 Å². The van der Waals surface area contributed by atoms with Gasteiger partial charge in [0, 0.05) is 55.1 Å². The standard InChI is InChI=1S/C27H36N4O4/c1-18-15-31(19(2)17-32)27(34)23-12-22(21-10-7-11-28-13-21)14-29-25(23)35-24(18)16-30(3)26(33)20-8-5-4-6-9-20/h7,10-14,18-20,24,32H,4-6,8-9,15-17H2,1-3H3/t18-,19+,24-/m1/s1. The Labute approximate surface area is 207 Å². The molecule has 0 radical (unpaired) electrons. The molecule has 0 saturated heterocycles. The molecule has 1 fully saturated rings. The van der Waals surface area contributed by atoms with Crippen molar-refractivity contribution in [2.24, 2.45) is 11.8 Å². The SMILES string of the molecule is C[C@@H]1CN([C@@H](C)CO)C(=O)c2cc(-c3cccnc3)cnc2O[C@@H]1CN(C)C(=O)C1CCCCC1. The molecule has 2 aliphatic rings. The molecule has 0 spiro atoms. The number of aliphatic hydroxyl groups excluding tert-OH is 1. The number of rotatable bonds is 6. The lowest BCUT2D eigenvalue weighted by atomic mass is 9.88. The molecule has 1 N–H and O–H groups in total. The Bertz CT molecular complexity index is 1030. The van der Waals surface area contributed by atoms with Crippen LogP contribution in [-0.2, 0) is 4.79 Å². The Morgan fingerprint density at radius 1 is 1.26 bits per heavy atom. The van der Waals surface area contributed by atoms with E-state index in [0.29, 0.717) is 18.7 Å². The average molecular weight is 481 g/mol. The summed E-state index contributed by atoms with van der Waals surface area (Å²) in [7, 11) is 1.84. The molecule has 2 aromatic heterocycles. The molecule has 0 bridgehead atoms. The summed E-state index contributed by atoms with van der Waals surface area (Å²) in [5.74, 6) is 0.212. The van der Waals surface area contributed by atoms with E-state index in [1.54, 1.807) is 34.5 Å². The van der Waals surface area contributed by atoms with Crippen LogP contribution in [0.25, 0.3) is 11.1 Å². The minimum Gasteiger partial charge on any atom is -0.472 e. The van der Waals surface area contributed by atoms with E-state index in [2.05, 4.69) is 9.97 Å². The molecule has 8 heteroatoms. The molecule has 0 aromatic carbocycles. The van der Waals surface area contributed by atoms with Gasteiger partial charge in [0.1, 0.15) is 11.7 Å². The molecule has 2 aromatic rings. The monoisotopic (exact) mass is 480 g/mol. The highest BCUT2D eigenvalue weighted by molar-refractivity contribution is 5.98. The molecule has 4 rings (SSSR count). The van der Waals surface area contributed by atoms with Crippen LogP contribution in [0.4, 0.5) is 0 Å². The number of pyridine rings is 2. The predicted molar refractivity (Wildman–Crippen MR) is 133 cm³/mol. The van der Waals surface area contributed by atoms with Gasteiger partial charge in [-0.2, -0.15) is 0 Å². The highest BCUT2D eigenvalue weighted by atomic mass is 16.5. The van der Waals surface area contributed by atoms with Gasteiger partial charge in [0.2, 0.25) is 11.8 Å². The van der Waals surface area contributed by atoms with Crippen molar-refractivity contribution in [1.29, 1.82) is 0 Å². The number of amides is 2. The molecule has 3 atom stereocenters. The third-order valence-electron chi connectivity index (χ3n) is 7.30. The van der Waals surface area contributed by atoms with E-state index in [1.165, 1.54) is 6.42 Å². The van der Waals surface area contributed by atoms with Crippen molar-refractivity contribution in [2.75, 3.05) is 26.7 Å². The Kier molecular flexibility index (Phi) is 8.00. The van der Waals surface area contributed by atoms with E-state index >= 15 is 0 Å². The molecule has 35 heavy (non-hydrogen) atoms. The zero-order valence-corrected chi connectivity index (χ0v) is 20.9. The van der Waals surface area contributed by atoms with Gasteiger partial charge in [-0.25, -0.2) is 4.98 Å². The number of carbonyl (C=O) groups is 2. The van der Waals surface area contributed by atoms with Crippen LogP contribution in [-0.4, -0.2) is 75.6 Å². The Hall–Kier alpha value is -3.00. The van der Waals surface area contributed by atoms with Crippen LogP contribution < -0.4 is 4.74 Å². The van der Waals surface area contributed by atoms with Crippen molar-refractivity contribution in [3.05, 3.63) is 42.4 Å². The minimum atomic E-state index is -0.361. The van der Waals surface area contributed by atoms with Gasteiger partial charge in [0.25, 0.3) is 5.91 Å². The maximum Gasteiger partial charge on any atom is 0.259 e. The zero-order valence-electron chi connectivity index (χ0n) is 20.9. The van der Waals surface area contributed by atoms with Crippen LogP contribution in [0.15, 0.2) is 36.8 Å². The largest absolute Gasteiger partial charge is 0.472 e. The lowest BCUT2D eigenvalue weighted by molar-refractivity contribution is -0.136. The molecular weight excluding hydrogens is 444 g/mol. The first-order chi connectivity index (χ1) is 16.9. The van der Waals surface area contributed by atoms with E-state index in [-0.39, 0.29) is 48.3 Å². The molecule has 0 unspecified atom stereocenters. The molecule has 2 amide bonds. The third-order valence-corrected chi connectivity index (χ3v) is 7.30. The summed E-state index contributed by atoms with van der Waals surface area (Å²) >= 11 is 0. The van der Waals surface area contributed by atoms with Gasteiger partial charge in [-0.1, -0.05) is 32.3 Å². The molecular formula is C27H36N4O4. The highest BCUT2D eigenvalue weighted by Gasteiger charge is 2.35. The van der Waals surface area contributed by atoms with Crippen LogP contribution in [0.5, 0.6) is 5.88 Å². The normalized spacial score (nSPS) is 21.9. The Balaban J connectivity index is 1.64. The van der Waals surface area contributed by atoms with Gasteiger partial charge in [0.15, 0.2) is 0 Å². The number of aromatic nitrogens is 2. The predicted octanol–water partition coefficient (Wildman–Crippen LogP) is 3.40. The van der Waals surface area contributed by atoms with Gasteiger partial charge < -0.3 is 19.6 Å². The van der Waals surface area contributed by atoms with Gasteiger partial charge in [-0.15, -0.1) is 0 Å². The Morgan fingerprint density at radius 2 is 2.03 bits per heavy atom. The minimum absolute atomic E-state index is 0.0671. The van der Waals surface area contributed by atoms with Gasteiger partial charge >= 0.3 is 0 Å². The maximum atomic E-state index is 13.6. The fraction of sp³-hybridized carbons (Fsp3) is 0.556. The lowest BCUT2D eigenvalue weighted by Crippen LogP contribution is -2.51. The van der Waals surface area contributed by atoms with Crippen molar-refractivity contribution in [3.8, 4) is 17.0 Å². The number of ether oxygens (including phenoxy) is 1. The van der Waals surface area contributed by atoms with E-state index in [0.717, 1.165) is 36.8 Å². The van der Waals surface area contributed by atoms with Crippen LogP contribution in [0.1, 0.15) is 56.3 Å². The lowest BCUT2D eigenvalue weighted by Gasteiger charge is -2.38. The molecule has 8 nitrogen and oxygen atoms in total. The zero-order chi connectivity index (χ0) is 24.9. The fourth-order valence-electron chi connectivity index (χ4n) is 5.03. The van der Waals surface area contributed by atoms with E-state index in [4.69, 9.17) is 4.74 Å². The molecule has 188 valence electrons. The van der Waals surface area contributed by atoms with E-state index in [1.807, 2.05) is 33.0 Å². The van der Waals surface area contributed by atoms with Crippen LogP contribution >= 0.6 is 0 Å². The third kappa shape index (κ3) is 5.64. The van der Waals surface area contributed by atoms with Gasteiger partial charge in [-0.05, 0) is 31.9 Å². The first kappa shape index (κ1) is 25.1. The van der Waals surface area contributed by atoms with Crippen LogP contribution in [0, 0.1) is 11.8 Å². The number of hydrogen-bond acceptors (Lipinski definition) is 6. The topological polar surface area (TPSA) is 95.9 Å². The van der Waals surface area contributed by atoms with Crippen molar-refractivity contribution in [3.63, 3.8) is 0 Å². The van der Waals surface area contributed by atoms with Crippen molar-refractivity contribution < 1.29 is 19.4 Å². The number of carbonyl (C=O) groups excluding carboxylic acids is 2. The second-order valence-electron chi connectivity index (χ2n) is 9.99. The van der Waals surface area contributed by atoms with Crippen molar-refractivity contribution >= 4 is 11.8 Å². The smallest absolute Gasteiger partial charge is 0.259 e. The summed E-state index contributed by atoms with van der Waals surface area (Å²) < 4.78 is 6.35. The summed E-state index contributed by atoms with van der Waals surface area (Å²) in [6, 6.07) is 5.17. The number of likely N-dealkylation sites (N-methyl/N-ethyl adjacent to an activating group) is 1. The Morgan fingerprint density at radius 3 is 2.71 bits per heavy atom. The fourth-order valence-corrected chi connectivity index (χ4v) is 5.03. The molecule has 1 aliphatic carbocycles. The summed E-state index contributed by atoms with van der Waals surface area (Å²) in [6.07, 6.45) is 10.1. The average Bonchev–Trinajstić information content (AvgIpc) is 2.90. The number of nitrogens with zero attached hydrogens (tertiary/aromatic N) is 4. The highest BCUT2D eigenvalue weighted by Crippen LogP contribution is 2.31. The number of hydrogen-bond donors (Lipinski definition) is 1. The molecule has 1 saturated carbocycles. The van der Waals surface area contributed by atoms with E-state index in [9.17, 15) is 14.7 Å². The number of fused-ring (bicyclic) bond motifs is 1. The summed E-state index contributed by atoms with van der Waals surface area (Å²) in [5.41, 5.74) is 1.96. The maximum absolute atomic E-state index is 13.6. The number of aliphatic hydroxyl groups is 1. The van der Waals surface area contributed by atoms with Gasteiger partial charge in [0.05, 0.1) is 19.2 Å².